The Labute approximate surface area is 174 Å². The molecule has 4 nitrogen and oxygen atoms in total. The molecule has 0 amide bonds. The highest BCUT2D eigenvalue weighted by atomic mass is 16.5. The van der Waals surface area contributed by atoms with Gasteiger partial charge in [-0.1, -0.05) is 84.9 Å². The molecule has 1 unspecified atom stereocenters. The Bertz CT molecular complexity index is 1250. The summed E-state index contributed by atoms with van der Waals surface area (Å²) in [5.41, 5.74) is 5.08. The molecule has 142 valence electrons. The summed E-state index contributed by atoms with van der Waals surface area (Å²) in [5, 5.41) is 0. The minimum Gasteiger partial charge on any atom is -0.480 e. The maximum absolute atomic E-state index is 6.25. The van der Waals surface area contributed by atoms with Crippen molar-refractivity contribution in [3.63, 3.8) is 0 Å². The molecule has 4 aromatic rings. The minimum atomic E-state index is -0.0230. The van der Waals surface area contributed by atoms with Crippen molar-refractivity contribution >= 4 is 5.57 Å². The highest BCUT2D eigenvalue weighted by Crippen LogP contribution is 2.45. The number of hydrogen-bond acceptors (Lipinski definition) is 4. The molecule has 4 heteroatoms. The predicted octanol–water partition coefficient (Wildman–Crippen LogP) is 5.59. The maximum Gasteiger partial charge on any atom is 0.167 e. The first-order chi connectivity index (χ1) is 14.9. The van der Waals surface area contributed by atoms with Gasteiger partial charge in [-0.3, -0.25) is 0 Å². The number of para-hydroxylation sites is 1. The predicted molar refractivity (Wildman–Crippen MR) is 118 cm³/mol. The van der Waals surface area contributed by atoms with Gasteiger partial charge in [0.05, 0.1) is 5.56 Å². The fourth-order valence-electron chi connectivity index (χ4n) is 3.93. The third kappa shape index (κ3) is 2.73. The lowest BCUT2D eigenvalue weighted by molar-refractivity contribution is 0.326. The van der Waals surface area contributed by atoms with Crippen LogP contribution in [-0.4, -0.2) is 21.1 Å². The zero-order valence-electron chi connectivity index (χ0n) is 16.1. The molecular formula is C26H17N3O. The van der Waals surface area contributed by atoms with E-state index >= 15 is 0 Å². The molecule has 1 aliphatic carbocycles. The minimum absolute atomic E-state index is 0.0230. The normalized spacial score (nSPS) is 16.0. The topological polar surface area (TPSA) is 47.9 Å². The Morgan fingerprint density at radius 1 is 0.600 bits per heavy atom. The van der Waals surface area contributed by atoms with Crippen molar-refractivity contribution in [2.45, 2.75) is 6.10 Å². The van der Waals surface area contributed by atoms with Crippen LogP contribution in [0, 0.1) is 0 Å². The Balaban J connectivity index is 1.56. The van der Waals surface area contributed by atoms with Crippen molar-refractivity contribution in [3.8, 4) is 39.9 Å². The highest BCUT2D eigenvalue weighted by Gasteiger charge is 2.31. The number of aromatic nitrogens is 3. The van der Waals surface area contributed by atoms with Gasteiger partial charge in [0.2, 0.25) is 0 Å². The van der Waals surface area contributed by atoms with Gasteiger partial charge in [0.15, 0.2) is 17.5 Å². The molecular weight excluding hydrogens is 370 g/mol. The average molecular weight is 387 g/mol. The summed E-state index contributed by atoms with van der Waals surface area (Å²) in [5.74, 6) is 2.75. The molecule has 0 saturated heterocycles. The van der Waals surface area contributed by atoms with Crippen LogP contribution in [0.4, 0.5) is 0 Å². The zero-order valence-corrected chi connectivity index (χ0v) is 16.1. The Morgan fingerprint density at radius 2 is 1.20 bits per heavy atom. The fraction of sp³-hybridized carbons (Fsp3) is 0.0385. The van der Waals surface area contributed by atoms with Crippen molar-refractivity contribution < 1.29 is 4.74 Å². The van der Waals surface area contributed by atoms with Crippen LogP contribution in [0.1, 0.15) is 5.56 Å². The second-order valence-corrected chi connectivity index (χ2v) is 7.27. The van der Waals surface area contributed by atoms with E-state index in [1.54, 1.807) is 0 Å². The van der Waals surface area contributed by atoms with E-state index in [1.807, 2.05) is 78.9 Å². The monoisotopic (exact) mass is 387 g/mol. The first-order valence-electron chi connectivity index (χ1n) is 9.92. The van der Waals surface area contributed by atoms with E-state index in [0.717, 1.165) is 28.0 Å². The smallest absolute Gasteiger partial charge is 0.167 e. The molecule has 2 aliphatic rings. The lowest BCUT2D eigenvalue weighted by Crippen LogP contribution is -2.05. The van der Waals surface area contributed by atoms with Gasteiger partial charge in [-0.15, -0.1) is 0 Å². The lowest BCUT2D eigenvalue weighted by Gasteiger charge is -2.11. The number of benzene rings is 3. The molecule has 1 atom stereocenters. The largest absolute Gasteiger partial charge is 0.480 e. The molecule has 0 N–H and O–H groups in total. The van der Waals surface area contributed by atoms with Crippen molar-refractivity contribution in [2.75, 3.05) is 0 Å². The van der Waals surface area contributed by atoms with Crippen molar-refractivity contribution in [1.29, 1.82) is 0 Å². The van der Waals surface area contributed by atoms with Crippen LogP contribution in [0.3, 0.4) is 0 Å². The van der Waals surface area contributed by atoms with Crippen LogP contribution in [0.25, 0.3) is 39.7 Å². The molecule has 0 fully saturated rings. The maximum atomic E-state index is 6.25. The van der Waals surface area contributed by atoms with E-state index < -0.39 is 0 Å². The number of fused-ring (bicyclic) bond motifs is 3. The van der Waals surface area contributed by atoms with E-state index in [1.165, 1.54) is 5.57 Å². The quantitative estimate of drug-likeness (QED) is 0.460. The van der Waals surface area contributed by atoms with Gasteiger partial charge in [0, 0.05) is 22.3 Å². The summed E-state index contributed by atoms with van der Waals surface area (Å²) in [6.45, 7) is 0. The second-order valence-electron chi connectivity index (χ2n) is 7.27. The van der Waals surface area contributed by atoms with Gasteiger partial charge >= 0.3 is 0 Å². The van der Waals surface area contributed by atoms with Gasteiger partial charge in [-0.05, 0) is 12.1 Å². The second kappa shape index (κ2) is 6.78. The number of nitrogens with zero attached hydrogens (tertiary/aromatic N) is 3. The molecule has 0 bridgehead atoms. The third-order valence-electron chi connectivity index (χ3n) is 5.38. The molecule has 3 aromatic carbocycles. The van der Waals surface area contributed by atoms with Crippen molar-refractivity contribution in [3.05, 3.63) is 103 Å². The van der Waals surface area contributed by atoms with Crippen molar-refractivity contribution in [2.24, 2.45) is 0 Å². The Hall–Kier alpha value is -4.05. The standard InChI is InChI=1S/C26H17N3O/c1-3-9-17(10-4-1)24-27-25(18-11-5-2-6-12-18)29-26(28-24)21-15-7-14-20-19-13-8-16-22(19)30-23(20)21/h1-16,22H. The van der Waals surface area contributed by atoms with Crippen LogP contribution >= 0.6 is 0 Å². The van der Waals surface area contributed by atoms with Crippen molar-refractivity contribution in [1.82, 2.24) is 15.0 Å². The van der Waals surface area contributed by atoms with Gasteiger partial charge in [0.1, 0.15) is 11.9 Å². The Morgan fingerprint density at radius 3 is 1.87 bits per heavy atom. The van der Waals surface area contributed by atoms with E-state index in [4.69, 9.17) is 19.7 Å². The summed E-state index contributed by atoms with van der Waals surface area (Å²) < 4.78 is 6.25. The number of rotatable bonds is 3. The zero-order chi connectivity index (χ0) is 19.9. The number of hydrogen-bond donors (Lipinski definition) is 0. The van der Waals surface area contributed by atoms with Crippen LogP contribution in [0.2, 0.25) is 0 Å². The summed E-state index contributed by atoms with van der Waals surface area (Å²) in [4.78, 5) is 14.4. The summed E-state index contributed by atoms with van der Waals surface area (Å²) in [6, 6.07) is 26.1. The molecule has 1 aromatic heterocycles. The molecule has 0 saturated carbocycles. The average Bonchev–Trinajstić information content (AvgIpc) is 3.41. The van der Waals surface area contributed by atoms with E-state index in [2.05, 4.69) is 18.2 Å². The van der Waals surface area contributed by atoms with Gasteiger partial charge in [-0.2, -0.15) is 0 Å². The van der Waals surface area contributed by atoms with E-state index in [0.29, 0.717) is 17.5 Å². The molecule has 2 heterocycles. The van der Waals surface area contributed by atoms with E-state index in [9.17, 15) is 0 Å². The van der Waals surface area contributed by atoms with Gasteiger partial charge < -0.3 is 4.74 Å². The lowest BCUT2D eigenvalue weighted by atomic mass is 10.0. The van der Waals surface area contributed by atoms with E-state index in [-0.39, 0.29) is 6.10 Å². The van der Waals surface area contributed by atoms with Crippen LogP contribution < -0.4 is 4.74 Å². The number of allylic oxidation sites excluding steroid dienone is 2. The molecule has 1 aliphatic heterocycles. The molecule has 30 heavy (non-hydrogen) atoms. The molecule has 0 radical (unpaired) electrons. The van der Waals surface area contributed by atoms with Crippen LogP contribution in [0.5, 0.6) is 5.75 Å². The molecule has 6 rings (SSSR count). The van der Waals surface area contributed by atoms with Gasteiger partial charge in [-0.25, -0.2) is 15.0 Å². The van der Waals surface area contributed by atoms with Gasteiger partial charge in [0.25, 0.3) is 0 Å². The first kappa shape index (κ1) is 16.9. The van der Waals surface area contributed by atoms with Crippen LogP contribution in [-0.2, 0) is 0 Å². The molecule has 0 spiro atoms. The summed E-state index contributed by atoms with van der Waals surface area (Å²) in [7, 11) is 0. The number of ether oxygens (including phenoxy) is 1. The highest BCUT2D eigenvalue weighted by molar-refractivity contribution is 5.87. The SMILES string of the molecule is C1=CC2Oc3c(cccc3-c3nc(-c4ccccc4)nc(-c4ccccc4)n3)C2=C1. The summed E-state index contributed by atoms with van der Waals surface area (Å²) in [6.07, 6.45) is 6.19. The third-order valence-corrected chi connectivity index (χ3v) is 5.38. The summed E-state index contributed by atoms with van der Waals surface area (Å²) >= 11 is 0. The Kier molecular flexibility index (Phi) is 3.81. The fourth-order valence-corrected chi connectivity index (χ4v) is 3.93. The first-order valence-corrected chi connectivity index (χ1v) is 9.92. The van der Waals surface area contributed by atoms with Crippen LogP contribution in [0.15, 0.2) is 97.1 Å².